The van der Waals surface area contributed by atoms with E-state index >= 15 is 0 Å². The molecule has 0 aliphatic rings. The van der Waals surface area contributed by atoms with Crippen LogP contribution >= 0.6 is 11.8 Å². The van der Waals surface area contributed by atoms with Gasteiger partial charge in [0.25, 0.3) is 0 Å². The number of nitrogens with zero attached hydrogens (tertiary/aromatic N) is 3. The summed E-state index contributed by atoms with van der Waals surface area (Å²) < 4.78 is 14.4. The summed E-state index contributed by atoms with van der Waals surface area (Å²) in [4.78, 5) is 17.2. The van der Waals surface area contributed by atoms with Gasteiger partial charge in [-0.2, -0.15) is 5.10 Å². The lowest BCUT2D eigenvalue weighted by Crippen LogP contribution is -2.16. The van der Waals surface area contributed by atoms with E-state index in [0.29, 0.717) is 11.5 Å². The predicted molar refractivity (Wildman–Crippen MR) is 87.1 cm³/mol. The number of carbonyl (C=O) groups excluding carboxylic acids is 1. The van der Waals surface area contributed by atoms with E-state index in [-0.39, 0.29) is 17.5 Å². The molecule has 0 saturated carbocycles. The molecule has 0 unspecified atom stereocenters. The van der Waals surface area contributed by atoms with Crippen LogP contribution in [0.2, 0.25) is 0 Å². The van der Waals surface area contributed by atoms with Gasteiger partial charge in [-0.15, -0.1) is 11.8 Å². The van der Waals surface area contributed by atoms with E-state index in [1.165, 1.54) is 23.9 Å². The van der Waals surface area contributed by atoms with Crippen LogP contribution in [0, 0.1) is 5.82 Å². The van der Waals surface area contributed by atoms with Crippen molar-refractivity contribution in [3.63, 3.8) is 0 Å². The van der Waals surface area contributed by atoms with Gasteiger partial charge in [-0.1, -0.05) is 0 Å². The lowest BCUT2D eigenvalue weighted by molar-refractivity contribution is -0.113. The number of thioether (sulfide) groups is 1. The van der Waals surface area contributed by atoms with Crippen molar-refractivity contribution >= 4 is 23.4 Å². The maximum Gasteiger partial charge on any atom is 0.234 e. The number of carbonyl (C=O) groups is 1. The van der Waals surface area contributed by atoms with Gasteiger partial charge in [0.2, 0.25) is 5.91 Å². The Labute approximate surface area is 136 Å². The Bertz CT molecular complexity index is 790. The summed E-state index contributed by atoms with van der Waals surface area (Å²) in [5.41, 5.74) is 0.584. The van der Waals surface area contributed by atoms with Crippen molar-refractivity contribution in [2.45, 2.75) is 4.90 Å². The molecule has 1 aromatic carbocycles. The fourth-order valence-electron chi connectivity index (χ4n) is 1.94. The summed E-state index contributed by atoms with van der Waals surface area (Å²) in [7, 11) is 0. The molecule has 0 saturated heterocycles. The number of rotatable bonds is 5. The fourth-order valence-corrected chi connectivity index (χ4v) is 2.64. The Kier molecular flexibility index (Phi) is 4.68. The normalized spacial score (nSPS) is 10.5. The maximum absolute atomic E-state index is 12.8. The minimum absolute atomic E-state index is 0.166. The average Bonchev–Trinajstić information content (AvgIpc) is 3.09. The van der Waals surface area contributed by atoms with Crippen LogP contribution in [0.1, 0.15) is 0 Å². The van der Waals surface area contributed by atoms with Gasteiger partial charge >= 0.3 is 0 Å². The highest BCUT2D eigenvalue weighted by Crippen LogP contribution is 2.20. The maximum atomic E-state index is 12.8. The Balaban J connectivity index is 1.65. The number of anilines is 1. The van der Waals surface area contributed by atoms with Gasteiger partial charge in [0.1, 0.15) is 5.82 Å². The molecule has 116 valence electrons. The van der Waals surface area contributed by atoms with Crippen LogP contribution in [0.25, 0.3) is 5.82 Å². The molecule has 0 fully saturated rings. The number of aromatic nitrogens is 3. The smallest absolute Gasteiger partial charge is 0.234 e. The first-order chi connectivity index (χ1) is 11.2. The number of nitrogens with one attached hydrogen (secondary N) is 1. The zero-order chi connectivity index (χ0) is 16.1. The highest BCUT2D eigenvalue weighted by molar-refractivity contribution is 8.00. The SMILES string of the molecule is O=C(CSc1ccc(F)cc1)Nc1cccnc1-n1cccn1. The number of hydrogen-bond donors (Lipinski definition) is 1. The zero-order valence-electron chi connectivity index (χ0n) is 12.0. The molecule has 7 heteroatoms. The molecule has 0 atom stereocenters. The summed E-state index contributed by atoms with van der Waals surface area (Å²) >= 11 is 1.34. The lowest BCUT2D eigenvalue weighted by atomic mass is 10.3. The summed E-state index contributed by atoms with van der Waals surface area (Å²) in [6.07, 6.45) is 5.04. The predicted octanol–water partition coefficient (Wildman–Crippen LogP) is 3.14. The van der Waals surface area contributed by atoms with Crippen molar-refractivity contribution in [2.24, 2.45) is 0 Å². The number of benzene rings is 1. The molecular weight excluding hydrogens is 315 g/mol. The molecule has 3 aromatic rings. The molecule has 0 aliphatic heterocycles. The molecule has 2 heterocycles. The Morgan fingerprint density at radius 2 is 2.00 bits per heavy atom. The standard InChI is InChI=1S/C16H13FN4OS/c17-12-4-6-13(7-5-12)23-11-15(22)20-14-3-1-8-18-16(14)21-10-2-9-19-21/h1-10H,11H2,(H,20,22). The van der Waals surface area contributed by atoms with Gasteiger partial charge < -0.3 is 5.32 Å². The van der Waals surface area contributed by atoms with E-state index in [0.717, 1.165) is 4.90 Å². The van der Waals surface area contributed by atoms with Crippen LogP contribution in [-0.2, 0) is 4.79 Å². The van der Waals surface area contributed by atoms with E-state index < -0.39 is 0 Å². The van der Waals surface area contributed by atoms with Crippen LogP contribution in [0.4, 0.5) is 10.1 Å². The first-order valence-electron chi connectivity index (χ1n) is 6.85. The highest BCUT2D eigenvalue weighted by atomic mass is 32.2. The minimum atomic E-state index is -0.293. The quantitative estimate of drug-likeness (QED) is 0.731. The molecule has 5 nitrogen and oxygen atoms in total. The zero-order valence-corrected chi connectivity index (χ0v) is 12.8. The van der Waals surface area contributed by atoms with Crippen molar-refractivity contribution in [3.05, 3.63) is 66.9 Å². The second-order valence-corrected chi connectivity index (χ2v) is 5.66. The largest absolute Gasteiger partial charge is 0.322 e. The van der Waals surface area contributed by atoms with Gasteiger partial charge in [0, 0.05) is 23.5 Å². The molecular formula is C16H13FN4OS. The van der Waals surface area contributed by atoms with E-state index in [4.69, 9.17) is 0 Å². The summed E-state index contributed by atoms with van der Waals surface area (Å²) in [6.45, 7) is 0. The molecule has 0 bridgehead atoms. The summed E-state index contributed by atoms with van der Waals surface area (Å²) in [5.74, 6) is 0.315. The molecule has 0 radical (unpaired) electrons. The summed E-state index contributed by atoms with van der Waals surface area (Å²) in [6, 6.07) is 11.3. The Morgan fingerprint density at radius 1 is 1.17 bits per heavy atom. The molecule has 1 amide bonds. The van der Waals surface area contributed by atoms with Crippen molar-refractivity contribution in [2.75, 3.05) is 11.1 Å². The van der Waals surface area contributed by atoms with Gasteiger partial charge in [-0.25, -0.2) is 14.1 Å². The number of pyridine rings is 1. The van der Waals surface area contributed by atoms with Crippen molar-refractivity contribution in [3.8, 4) is 5.82 Å². The second kappa shape index (κ2) is 7.06. The first-order valence-corrected chi connectivity index (χ1v) is 7.84. The third-order valence-electron chi connectivity index (χ3n) is 2.97. The third-order valence-corrected chi connectivity index (χ3v) is 3.98. The first kappa shape index (κ1) is 15.2. The monoisotopic (exact) mass is 328 g/mol. The molecule has 2 aromatic heterocycles. The number of halogens is 1. The van der Waals surface area contributed by atoms with Crippen molar-refractivity contribution in [1.29, 1.82) is 0 Å². The van der Waals surface area contributed by atoms with Crippen molar-refractivity contribution in [1.82, 2.24) is 14.8 Å². The van der Waals surface area contributed by atoms with Crippen LogP contribution in [-0.4, -0.2) is 26.4 Å². The number of amides is 1. The Hall–Kier alpha value is -2.67. The van der Waals surface area contributed by atoms with E-state index in [1.54, 1.807) is 53.6 Å². The molecule has 23 heavy (non-hydrogen) atoms. The van der Waals surface area contributed by atoms with E-state index in [9.17, 15) is 9.18 Å². The second-order valence-electron chi connectivity index (χ2n) is 4.62. The highest BCUT2D eigenvalue weighted by Gasteiger charge is 2.10. The van der Waals surface area contributed by atoms with Crippen LogP contribution in [0.3, 0.4) is 0 Å². The lowest BCUT2D eigenvalue weighted by Gasteiger charge is -2.09. The van der Waals surface area contributed by atoms with Crippen LogP contribution in [0.15, 0.2) is 66.0 Å². The molecule has 0 spiro atoms. The van der Waals surface area contributed by atoms with E-state index in [2.05, 4.69) is 15.4 Å². The minimum Gasteiger partial charge on any atom is -0.322 e. The van der Waals surface area contributed by atoms with Gasteiger partial charge in [-0.3, -0.25) is 4.79 Å². The van der Waals surface area contributed by atoms with Crippen molar-refractivity contribution < 1.29 is 9.18 Å². The topological polar surface area (TPSA) is 59.8 Å². The molecule has 1 N–H and O–H groups in total. The van der Waals surface area contributed by atoms with Crippen LogP contribution < -0.4 is 5.32 Å². The summed E-state index contributed by atoms with van der Waals surface area (Å²) in [5, 5.41) is 6.94. The average molecular weight is 328 g/mol. The Morgan fingerprint density at radius 3 is 2.74 bits per heavy atom. The molecule has 0 aliphatic carbocycles. The van der Waals surface area contributed by atoms with E-state index in [1.807, 2.05) is 0 Å². The van der Waals surface area contributed by atoms with Gasteiger partial charge in [-0.05, 0) is 42.5 Å². The van der Waals surface area contributed by atoms with Crippen LogP contribution in [0.5, 0.6) is 0 Å². The number of hydrogen-bond acceptors (Lipinski definition) is 4. The van der Waals surface area contributed by atoms with Gasteiger partial charge in [0.15, 0.2) is 5.82 Å². The third kappa shape index (κ3) is 3.95. The van der Waals surface area contributed by atoms with Gasteiger partial charge in [0.05, 0.1) is 11.4 Å². The molecule has 3 rings (SSSR count). The fraction of sp³-hybridized carbons (Fsp3) is 0.0625.